The minimum Gasteiger partial charge on any atom is -0.493 e. The van der Waals surface area contributed by atoms with Crippen LogP contribution in [-0.2, 0) is 20.7 Å². The van der Waals surface area contributed by atoms with Gasteiger partial charge in [0.1, 0.15) is 0 Å². The Labute approximate surface area is 123 Å². The number of rotatable bonds is 7. The van der Waals surface area contributed by atoms with Crippen molar-refractivity contribution in [2.45, 2.75) is 32.3 Å². The summed E-state index contributed by atoms with van der Waals surface area (Å²) in [5.74, 6) is -0.0539. The molecule has 0 aliphatic rings. The van der Waals surface area contributed by atoms with Crippen LogP contribution in [0, 0.1) is 0 Å². The molecule has 0 aromatic heterocycles. The molecule has 0 bridgehead atoms. The fourth-order valence-corrected chi connectivity index (χ4v) is 1.84. The average molecular weight is 296 g/mol. The predicted molar refractivity (Wildman–Crippen MR) is 75.3 cm³/mol. The summed E-state index contributed by atoms with van der Waals surface area (Å²) < 4.78 is 14.7. The number of hydrogen-bond donors (Lipinski definition) is 1. The quantitative estimate of drug-likeness (QED) is 0.606. The van der Waals surface area contributed by atoms with Gasteiger partial charge in [-0.15, -0.1) is 0 Å². The maximum Gasteiger partial charge on any atom is 0.308 e. The maximum atomic E-state index is 11.0. The molecule has 1 N–H and O–H groups in total. The topological polar surface area (TPSA) is 82.1 Å². The van der Waals surface area contributed by atoms with Crippen LogP contribution in [0.1, 0.15) is 25.3 Å². The number of carbonyl (C=O) groups excluding carboxylic acids is 2. The maximum absolute atomic E-state index is 11.0. The fraction of sp³-hybridized carbons (Fsp3) is 0.467. The molecule has 21 heavy (non-hydrogen) atoms. The first-order chi connectivity index (χ1) is 9.96. The molecule has 1 atom stereocenters. The number of benzene rings is 1. The monoisotopic (exact) mass is 296 g/mol. The number of ether oxygens (including phenoxy) is 3. The van der Waals surface area contributed by atoms with Gasteiger partial charge in [0.05, 0.1) is 20.3 Å². The van der Waals surface area contributed by atoms with Crippen molar-refractivity contribution >= 4 is 11.9 Å². The van der Waals surface area contributed by atoms with Crippen molar-refractivity contribution in [1.29, 1.82) is 0 Å². The molecular weight excluding hydrogens is 276 g/mol. The van der Waals surface area contributed by atoms with Crippen molar-refractivity contribution in [3.05, 3.63) is 23.8 Å². The molecule has 1 aromatic carbocycles. The molecule has 0 aliphatic carbocycles. The summed E-state index contributed by atoms with van der Waals surface area (Å²) in [5.41, 5.74) is 0.782. The van der Waals surface area contributed by atoms with Crippen LogP contribution in [-0.4, -0.2) is 37.4 Å². The third kappa shape index (κ3) is 5.83. The van der Waals surface area contributed by atoms with Crippen molar-refractivity contribution in [2.24, 2.45) is 0 Å². The van der Waals surface area contributed by atoms with E-state index in [1.807, 2.05) is 0 Å². The lowest BCUT2D eigenvalue weighted by Crippen LogP contribution is -2.13. The van der Waals surface area contributed by atoms with Crippen LogP contribution < -0.4 is 9.47 Å². The van der Waals surface area contributed by atoms with E-state index in [0.29, 0.717) is 24.3 Å². The summed E-state index contributed by atoms with van der Waals surface area (Å²) in [7, 11) is 2.79. The van der Waals surface area contributed by atoms with E-state index in [9.17, 15) is 14.7 Å². The van der Waals surface area contributed by atoms with Crippen LogP contribution in [0.4, 0.5) is 0 Å². The molecule has 0 saturated carbocycles. The van der Waals surface area contributed by atoms with Crippen molar-refractivity contribution in [3.63, 3.8) is 0 Å². The molecule has 116 valence electrons. The summed E-state index contributed by atoms with van der Waals surface area (Å²) in [6.07, 6.45) is 0.129. The Hall–Kier alpha value is -2.08. The van der Waals surface area contributed by atoms with Gasteiger partial charge in [-0.05, 0) is 30.5 Å². The van der Waals surface area contributed by atoms with E-state index < -0.39 is 12.1 Å². The van der Waals surface area contributed by atoms with Gasteiger partial charge >= 0.3 is 11.9 Å². The molecule has 6 nitrogen and oxygen atoms in total. The molecule has 1 rings (SSSR count). The molecular formula is C15H20O6. The summed E-state index contributed by atoms with van der Waals surface area (Å²) in [4.78, 5) is 22.1. The Morgan fingerprint density at radius 1 is 1.24 bits per heavy atom. The SMILES string of the molecule is COC(=O)CCC(O)Cc1ccc(OC)c(OC(C)=O)c1. The molecule has 0 fully saturated rings. The molecule has 0 spiro atoms. The second-order valence-corrected chi connectivity index (χ2v) is 4.55. The Morgan fingerprint density at radius 2 is 1.95 bits per heavy atom. The molecule has 0 heterocycles. The molecule has 0 aliphatic heterocycles. The zero-order valence-electron chi connectivity index (χ0n) is 12.4. The Balaban J connectivity index is 2.70. The van der Waals surface area contributed by atoms with E-state index in [-0.39, 0.29) is 12.4 Å². The molecule has 1 aromatic rings. The van der Waals surface area contributed by atoms with Crippen molar-refractivity contribution in [3.8, 4) is 11.5 Å². The van der Waals surface area contributed by atoms with E-state index in [1.165, 1.54) is 21.1 Å². The van der Waals surface area contributed by atoms with Crippen molar-refractivity contribution in [1.82, 2.24) is 0 Å². The van der Waals surface area contributed by atoms with Gasteiger partial charge in [-0.3, -0.25) is 9.59 Å². The van der Waals surface area contributed by atoms with Gasteiger partial charge in [-0.25, -0.2) is 0 Å². The van der Waals surface area contributed by atoms with Crippen LogP contribution in [0.25, 0.3) is 0 Å². The Bertz CT molecular complexity index is 497. The lowest BCUT2D eigenvalue weighted by atomic mass is 10.0. The number of aliphatic hydroxyl groups excluding tert-OH is 1. The molecule has 0 radical (unpaired) electrons. The van der Waals surface area contributed by atoms with Gasteiger partial charge < -0.3 is 19.3 Å². The first kappa shape index (κ1) is 17.0. The number of hydrogen-bond acceptors (Lipinski definition) is 6. The van der Waals surface area contributed by atoms with Crippen LogP contribution in [0.15, 0.2) is 18.2 Å². The second kappa shape index (κ2) is 8.26. The number of methoxy groups -OCH3 is 2. The van der Waals surface area contributed by atoms with Gasteiger partial charge in [-0.1, -0.05) is 6.07 Å². The van der Waals surface area contributed by atoms with Gasteiger partial charge in [0, 0.05) is 13.3 Å². The summed E-state index contributed by atoms with van der Waals surface area (Å²) in [5, 5.41) is 9.90. The first-order valence-electron chi connectivity index (χ1n) is 6.56. The zero-order valence-corrected chi connectivity index (χ0v) is 12.4. The van der Waals surface area contributed by atoms with E-state index in [1.54, 1.807) is 18.2 Å². The summed E-state index contributed by atoms with van der Waals surface area (Å²) in [6, 6.07) is 5.08. The molecule has 6 heteroatoms. The minimum absolute atomic E-state index is 0.157. The number of carbonyl (C=O) groups is 2. The highest BCUT2D eigenvalue weighted by Gasteiger charge is 2.12. The molecule has 0 saturated heterocycles. The molecule has 0 amide bonds. The van der Waals surface area contributed by atoms with Crippen LogP contribution in [0.3, 0.4) is 0 Å². The summed E-state index contributed by atoms with van der Waals surface area (Å²) in [6.45, 7) is 1.30. The zero-order chi connectivity index (χ0) is 15.8. The lowest BCUT2D eigenvalue weighted by Gasteiger charge is -2.13. The van der Waals surface area contributed by atoms with Gasteiger partial charge in [0.25, 0.3) is 0 Å². The smallest absolute Gasteiger partial charge is 0.308 e. The fourth-order valence-electron chi connectivity index (χ4n) is 1.84. The van der Waals surface area contributed by atoms with Gasteiger partial charge in [-0.2, -0.15) is 0 Å². The van der Waals surface area contributed by atoms with Crippen LogP contribution in [0.5, 0.6) is 11.5 Å². The van der Waals surface area contributed by atoms with Crippen LogP contribution in [0.2, 0.25) is 0 Å². The van der Waals surface area contributed by atoms with Gasteiger partial charge in [0.15, 0.2) is 11.5 Å². The Kier molecular flexibility index (Phi) is 6.68. The van der Waals surface area contributed by atoms with Crippen LogP contribution >= 0.6 is 0 Å². The van der Waals surface area contributed by atoms with E-state index in [2.05, 4.69) is 4.74 Å². The third-order valence-corrected chi connectivity index (χ3v) is 2.86. The highest BCUT2D eigenvalue weighted by Crippen LogP contribution is 2.28. The van der Waals surface area contributed by atoms with Crippen molar-refractivity contribution in [2.75, 3.05) is 14.2 Å². The average Bonchev–Trinajstić information content (AvgIpc) is 2.44. The normalized spacial score (nSPS) is 11.6. The summed E-state index contributed by atoms with van der Waals surface area (Å²) >= 11 is 0. The minimum atomic E-state index is -0.678. The highest BCUT2D eigenvalue weighted by molar-refractivity contribution is 5.70. The number of aliphatic hydroxyl groups is 1. The second-order valence-electron chi connectivity index (χ2n) is 4.55. The number of esters is 2. The van der Waals surface area contributed by atoms with E-state index >= 15 is 0 Å². The highest BCUT2D eigenvalue weighted by atomic mass is 16.6. The lowest BCUT2D eigenvalue weighted by molar-refractivity contribution is -0.141. The molecule has 1 unspecified atom stereocenters. The largest absolute Gasteiger partial charge is 0.493 e. The van der Waals surface area contributed by atoms with E-state index in [0.717, 1.165) is 5.56 Å². The Morgan fingerprint density at radius 3 is 2.52 bits per heavy atom. The first-order valence-corrected chi connectivity index (χ1v) is 6.56. The van der Waals surface area contributed by atoms with Crippen molar-refractivity contribution < 1.29 is 28.9 Å². The predicted octanol–water partition coefficient (Wildman–Crippen LogP) is 1.48. The third-order valence-electron chi connectivity index (χ3n) is 2.86. The van der Waals surface area contributed by atoms with Gasteiger partial charge in [0.2, 0.25) is 0 Å². The standard InChI is InChI=1S/C15H20O6/c1-10(16)21-14-9-11(4-6-13(14)19-2)8-12(17)5-7-15(18)20-3/h4,6,9,12,17H,5,7-8H2,1-3H3. The van der Waals surface area contributed by atoms with E-state index in [4.69, 9.17) is 9.47 Å².